The maximum Gasteiger partial charge on any atom is 0.340 e. The SMILES string of the molecule is CCOC(=O)c1cnc2oc3ccc(OC(C)=O)cc3c2c1-c1ccccc1. The number of hydrogen-bond acceptors (Lipinski definition) is 6. The molecule has 2 aromatic carbocycles. The summed E-state index contributed by atoms with van der Waals surface area (Å²) in [5.74, 6) is -0.481. The molecule has 28 heavy (non-hydrogen) atoms. The van der Waals surface area contributed by atoms with Crippen molar-refractivity contribution in [1.82, 2.24) is 4.98 Å². The van der Waals surface area contributed by atoms with Crippen molar-refractivity contribution in [2.24, 2.45) is 0 Å². The van der Waals surface area contributed by atoms with Crippen LogP contribution in [0.1, 0.15) is 24.2 Å². The van der Waals surface area contributed by atoms with E-state index in [1.165, 1.54) is 13.1 Å². The number of furan rings is 1. The number of carbonyl (C=O) groups excluding carboxylic acids is 2. The lowest BCUT2D eigenvalue weighted by Crippen LogP contribution is -2.07. The lowest BCUT2D eigenvalue weighted by Gasteiger charge is -2.10. The molecule has 0 atom stereocenters. The molecule has 0 fully saturated rings. The first-order valence-corrected chi connectivity index (χ1v) is 8.84. The summed E-state index contributed by atoms with van der Waals surface area (Å²) in [6, 6.07) is 14.6. The summed E-state index contributed by atoms with van der Waals surface area (Å²) in [6.45, 7) is 3.35. The van der Waals surface area contributed by atoms with Crippen molar-refractivity contribution in [3.05, 3.63) is 60.3 Å². The first kappa shape index (κ1) is 17.7. The van der Waals surface area contributed by atoms with Crippen LogP contribution >= 0.6 is 0 Å². The van der Waals surface area contributed by atoms with Crippen molar-refractivity contribution in [1.29, 1.82) is 0 Å². The summed E-state index contributed by atoms with van der Waals surface area (Å²) in [5, 5.41) is 1.37. The van der Waals surface area contributed by atoms with E-state index in [9.17, 15) is 9.59 Å². The highest BCUT2D eigenvalue weighted by Crippen LogP contribution is 2.39. The van der Waals surface area contributed by atoms with Gasteiger partial charge in [0.2, 0.25) is 5.71 Å². The molecule has 0 aliphatic rings. The molecule has 0 spiro atoms. The topological polar surface area (TPSA) is 78.6 Å². The number of carbonyl (C=O) groups is 2. The molecule has 0 unspecified atom stereocenters. The van der Waals surface area contributed by atoms with Crippen LogP contribution in [0.4, 0.5) is 0 Å². The van der Waals surface area contributed by atoms with E-state index in [0.717, 1.165) is 5.56 Å². The van der Waals surface area contributed by atoms with Crippen LogP contribution in [0.3, 0.4) is 0 Å². The fourth-order valence-corrected chi connectivity index (χ4v) is 3.22. The zero-order valence-corrected chi connectivity index (χ0v) is 15.4. The van der Waals surface area contributed by atoms with E-state index in [1.54, 1.807) is 25.1 Å². The van der Waals surface area contributed by atoms with Gasteiger partial charge in [0.15, 0.2) is 0 Å². The molecule has 0 amide bonds. The van der Waals surface area contributed by atoms with Gasteiger partial charge in [-0.15, -0.1) is 0 Å². The number of aromatic nitrogens is 1. The molecule has 0 saturated carbocycles. The highest BCUT2D eigenvalue weighted by molar-refractivity contribution is 6.16. The Morgan fingerprint density at radius 1 is 1.11 bits per heavy atom. The number of ether oxygens (including phenoxy) is 2. The summed E-state index contributed by atoms with van der Waals surface area (Å²) in [4.78, 5) is 28.2. The van der Waals surface area contributed by atoms with E-state index in [4.69, 9.17) is 13.9 Å². The molecule has 0 bridgehead atoms. The zero-order valence-electron chi connectivity index (χ0n) is 15.4. The number of benzene rings is 2. The van der Waals surface area contributed by atoms with E-state index in [2.05, 4.69) is 4.98 Å². The number of fused-ring (bicyclic) bond motifs is 3. The monoisotopic (exact) mass is 375 g/mol. The van der Waals surface area contributed by atoms with Crippen LogP contribution in [0.25, 0.3) is 33.2 Å². The van der Waals surface area contributed by atoms with Crippen molar-refractivity contribution >= 4 is 34.0 Å². The van der Waals surface area contributed by atoms with Crippen LogP contribution in [-0.2, 0) is 9.53 Å². The number of pyridine rings is 1. The van der Waals surface area contributed by atoms with E-state index in [1.807, 2.05) is 30.3 Å². The Kier molecular flexibility index (Phi) is 4.53. The van der Waals surface area contributed by atoms with Gasteiger partial charge in [0.05, 0.1) is 17.6 Å². The van der Waals surface area contributed by atoms with E-state index >= 15 is 0 Å². The minimum Gasteiger partial charge on any atom is -0.462 e. The van der Waals surface area contributed by atoms with Crippen LogP contribution in [0.5, 0.6) is 5.75 Å². The quantitative estimate of drug-likeness (QED) is 0.378. The average Bonchev–Trinajstić information content (AvgIpc) is 3.05. The highest BCUT2D eigenvalue weighted by Gasteiger charge is 2.22. The lowest BCUT2D eigenvalue weighted by atomic mass is 9.96. The molecular weight excluding hydrogens is 358 g/mol. The lowest BCUT2D eigenvalue weighted by molar-refractivity contribution is -0.131. The average molecular weight is 375 g/mol. The number of esters is 2. The Morgan fingerprint density at radius 3 is 2.61 bits per heavy atom. The van der Waals surface area contributed by atoms with Crippen molar-refractivity contribution in [2.75, 3.05) is 6.61 Å². The fourth-order valence-electron chi connectivity index (χ4n) is 3.22. The molecule has 140 valence electrons. The molecule has 4 aromatic rings. The largest absolute Gasteiger partial charge is 0.462 e. The molecule has 0 aliphatic carbocycles. The molecule has 4 rings (SSSR count). The summed E-state index contributed by atoms with van der Waals surface area (Å²) >= 11 is 0. The van der Waals surface area contributed by atoms with Gasteiger partial charge in [-0.2, -0.15) is 0 Å². The van der Waals surface area contributed by atoms with Crippen LogP contribution in [0.2, 0.25) is 0 Å². The molecule has 0 radical (unpaired) electrons. The van der Waals surface area contributed by atoms with Gasteiger partial charge in [0.1, 0.15) is 11.3 Å². The molecule has 2 aromatic heterocycles. The van der Waals surface area contributed by atoms with Gasteiger partial charge in [0, 0.05) is 24.1 Å². The van der Waals surface area contributed by atoms with E-state index < -0.39 is 11.9 Å². The van der Waals surface area contributed by atoms with Gasteiger partial charge < -0.3 is 13.9 Å². The Morgan fingerprint density at radius 2 is 1.89 bits per heavy atom. The van der Waals surface area contributed by atoms with Crippen LogP contribution in [-0.4, -0.2) is 23.5 Å². The first-order valence-electron chi connectivity index (χ1n) is 8.84. The maximum absolute atomic E-state index is 12.6. The predicted molar refractivity (Wildman–Crippen MR) is 104 cm³/mol. The smallest absolute Gasteiger partial charge is 0.340 e. The minimum absolute atomic E-state index is 0.258. The summed E-state index contributed by atoms with van der Waals surface area (Å²) in [7, 11) is 0. The molecule has 0 N–H and O–H groups in total. The Bertz CT molecular complexity index is 1190. The van der Waals surface area contributed by atoms with Gasteiger partial charge in [-0.05, 0) is 30.7 Å². The third-order valence-corrected chi connectivity index (χ3v) is 4.29. The summed E-state index contributed by atoms with van der Waals surface area (Å²) < 4.78 is 16.3. The normalized spacial score (nSPS) is 10.9. The van der Waals surface area contributed by atoms with Crippen molar-refractivity contribution < 1.29 is 23.5 Å². The second kappa shape index (κ2) is 7.15. The van der Waals surface area contributed by atoms with E-state index in [0.29, 0.717) is 38.9 Å². The number of rotatable bonds is 4. The van der Waals surface area contributed by atoms with Gasteiger partial charge in [-0.3, -0.25) is 4.79 Å². The Hall–Kier alpha value is -3.67. The Balaban J connectivity index is 2.07. The zero-order chi connectivity index (χ0) is 19.7. The summed E-state index contributed by atoms with van der Waals surface area (Å²) in [5.41, 5.74) is 2.82. The van der Waals surface area contributed by atoms with Gasteiger partial charge in [-0.25, -0.2) is 9.78 Å². The predicted octanol–water partition coefficient (Wildman–Crippen LogP) is 4.75. The van der Waals surface area contributed by atoms with E-state index in [-0.39, 0.29) is 6.61 Å². The number of nitrogens with zero attached hydrogens (tertiary/aromatic N) is 1. The first-order chi connectivity index (χ1) is 13.6. The van der Waals surface area contributed by atoms with Gasteiger partial charge in [-0.1, -0.05) is 30.3 Å². The Labute approximate surface area is 160 Å². The molecule has 2 heterocycles. The fraction of sp³-hybridized carbons (Fsp3) is 0.136. The van der Waals surface area contributed by atoms with Crippen LogP contribution in [0.15, 0.2) is 59.1 Å². The third kappa shape index (κ3) is 3.09. The molecule has 0 aliphatic heterocycles. The van der Waals surface area contributed by atoms with Crippen molar-refractivity contribution in [3.8, 4) is 16.9 Å². The minimum atomic E-state index is -0.457. The third-order valence-electron chi connectivity index (χ3n) is 4.29. The molecular formula is C22H17NO5. The van der Waals surface area contributed by atoms with Crippen LogP contribution < -0.4 is 4.74 Å². The molecule has 6 nitrogen and oxygen atoms in total. The summed E-state index contributed by atoms with van der Waals surface area (Å²) in [6.07, 6.45) is 1.47. The number of hydrogen-bond donors (Lipinski definition) is 0. The second-order valence-corrected chi connectivity index (χ2v) is 6.17. The van der Waals surface area contributed by atoms with Gasteiger partial charge >= 0.3 is 11.9 Å². The molecule has 6 heteroatoms. The van der Waals surface area contributed by atoms with Gasteiger partial charge in [0.25, 0.3) is 0 Å². The van der Waals surface area contributed by atoms with Crippen LogP contribution in [0, 0.1) is 0 Å². The standard InChI is InChI=1S/C22H17NO5/c1-3-26-22(25)17-12-23-21-20(19(17)14-7-5-4-6-8-14)16-11-15(27-13(2)24)9-10-18(16)28-21/h4-12H,3H2,1-2H3. The van der Waals surface area contributed by atoms with Crippen molar-refractivity contribution in [2.45, 2.75) is 13.8 Å². The second-order valence-electron chi connectivity index (χ2n) is 6.17. The molecule has 0 saturated heterocycles. The van der Waals surface area contributed by atoms with Crippen molar-refractivity contribution in [3.63, 3.8) is 0 Å². The maximum atomic E-state index is 12.6. The highest BCUT2D eigenvalue weighted by atomic mass is 16.5.